The fourth-order valence-corrected chi connectivity index (χ4v) is 2.09. The summed E-state index contributed by atoms with van der Waals surface area (Å²) in [6.45, 7) is 9.57. The van der Waals surface area contributed by atoms with E-state index in [4.69, 9.17) is 4.42 Å². The zero-order chi connectivity index (χ0) is 12.4. The van der Waals surface area contributed by atoms with Crippen LogP contribution in [0, 0.1) is 13.8 Å². The van der Waals surface area contributed by atoms with Gasteiger partial charge in [0.25, 0.3) is 0 Å². The lowest BCUT2D eigenvalue weighted by Crippen LogP contribution is -2.18. The summed E-state index contributed by atoms with van der Waals surface area (Å²) in [5.74, 6) is 1.03. The molecule has 0 saturated heterocycles. The summed E-state index contributed by atoms with van der Waals surface area (Å²) in [6.07, 6.45) is 1.14. The van der Waals surface area contributed by atoms with Crippen molar-refractivity contribution in [2.75, 3.05) is 6.54 Å². The number of rotatable bonds is 4. The van der Waals surface area contributed by atoms with Crippen molar-refractivity contribution < 1.29 is 4.42 Å². The van der Waals surface area contributed by atoms with Gasteiger partial charge >= 0.3 is 0 Å². The molecule has 0 spiro atoms. The summed E-state index contributed by atoms with van der Waals surface area (Å²) in [5, 5.41) is 4.70. The van der Waals surface area contributed by atoms with E-state index in [1.807, 2.05) is 0 Å². The lowest BCUT2D eigenvalue weighted by Gasteiger charge is -2.09. The number of fused-ring (bicyclic) bond motifs is 1. The molecule has 1 atom stereocenters. The Morgan fingerprint density at radius 1 is 1.24 bits per heavy atom. The molecule has 2 nitrogen and oxygen atoms in total. The zero-order valence-electron chi connectivity index (χ0n) is 11.1. The van der Waals surface area contributed by atoms with E-state index in [2.05, 4.69) is 51.2 Å². The van der Waals surface area contributed by atoms with E-state index < -0.39 is 0 Å². The SMILES string of the molecule is CCCNC(C)c1cc2c(C)ccc(C)c2o1. The third-order valence-electron chi connectivity index (χ3n) is 3.24. The number of hydrogen-bond donors (Lipinski definition) is 1. The Bertz CT molecular complexity index is 474. The highest BCUT2D eigenvalue weighted by atomic mass is 16.3. The average molecular weight is 231 g/mol. The Balaban J connectivity index is 2.37. The van der Waals surface area contributed by atoms with Crippen molar-refractivity contribution >= 4 is 11.0 Å². The van der Waals surface area contributed by atoms with E-state index in [-0.39, 0.29) is 6.04 Å². The molecule has 1 aromatic heterocycles. The lowest BCUT2D eigenvalue weighted by molar-refractivity contribution is 0.451. The van der Waals surface area contributed by atoms with Crippen LogP contribution in [0.1, 0.15) is 43.2 Å². The number of nitrogens with one attached hydrogen (secondary N) is 1. The van der Waals surface area contributed by atoms with Crippen LogP contribution >= 0.6 is 0 Å². The maximum absolute atomic E-state index is 5.98. The molecule has 0 aliphatic carbocycles. The second kappa shape index (κ2) is 4.92. The van der Waals surface area contributed by atoms with E-state index in [9.17, 15) is 0 Å². The maximum atomic E-state index is 5.98. The second-order valence-corrected chi connectivity index (χ2v) is 4.77. The molecule has 1 heterocycles. The van der Waals surface area contributed by atoms with Gasteiger partial charge in [-0.25, -0.2) is 0 Å². The minimum atomic E-state index is 0.279. The van der Waals surface area contributed by atoms with Crippen LogP contribution < -0.4 is 5.32 Å². The Hall–Kier alpha value is -1.28. The Morgan fingerprint density at radius 2 is 1.94 bits per heavy atom. The molecule has 1 N–H and O–H groups in total. The maximum Gasteiger partial charge on any atom is 0.137 e. The van der Waals surface area contributed by atoms with E-state index in [0.29, 0.717) is 0 Å². The summed E-state index contributed by atoms with van der Waals surface area (Å²) < 4.78 is 5.98. The normalized spacial score (nSPS) is 13.2. The first-order valence-corrected chi connectivity index (χ1v) is 6.36. The highest BCUT2D eigenvalue weighted by molar-refractivity contribution is 5.84. The van der Waals surface area contributed by atoms with Crippen LogP contribution in [0.4, 0.5) is 0 Å². The molecule has 17 heavy (non-hydrogen) atoms. The Morgan fingerprint density at radius 3 is 2.59 bits per heavy atom. The van der Waals surface area contributed by atoms with E-state index >= 15 is 0 Å². The molecule has 2 aromatic rings. The van der Waals surface area contributed by atoms with Crippen LogP contribution in [0.25, 0.3) is 11.0 Å². The molecule has 92 valence electrons. The molecule has 0 radical (unpaired) electrons. The summed E-state index contributed by atoms with van der Waals surface area (Å²) in [5.41, 5.74) is 3.52. The van der Waals surface area contributed by atoms with Crippen molar-refractivity contribution in [1.82, 2.24) is 5.32 Å². The average Bonchev–Trinajstić information content (AvgIpc) is 2.77. The third kappa shape index (κ3) is 2.37. The van der Waals surface area contributed by atoms with Crippen LogP contribution in [0.2, 0.25) is 0 Å². The number of hydrogen-bond acceptors (Lipinski definition) is 2. The number of benzene rings is 1. The van der Waals surface area contributed by atoms with Crippen LogP contribution in [0.5, 0.6) is 0 Å². The second-order valence-electron chi connectivity index (χ2n) is 4.77. The van der Waals surface area contributed by atoms with Crippen LogP contribution in [-0.2, 0) is 0 Å². The lowest BCUT2D eigenvalue weighted by atomic mass is 10.1. The molecule has 1 aromatic carbocycles. The van der Waals surface area contributed by atoms with Gasteiger partial charge in [0.15, 0.2) is 0 Å². The van der Waals surface area contributed by atoms with Crippen LogP contribution in [0.3, 0.4) is 0 Å². The highest BCUT2D eigenvalue weighted by Crippen LogP contribution is 2.28. The molecule has 2 rings (SSSR count). The molecule has 0 amide bonds. The first-order chi connectivity index (χ1) is 8.13. The molecule has 0 bridgehead atoms. The fourth-order valence-electron chi connectivity index (χ4n) is 2.09. The topological polar surface area (TPSA) is 25.2 Å². The fraction of sp³-hybridized carbons (Fsp3) is 0.467. The van der Waals surface area contributed by atoms with Crippen molar-refractivity contribution in [1.29, 1.82) is 0 Å². The van der Waals surface area contributed by atoms with Gasteiger partial charge in [-0.3, -0.25) is 0 Å². The Labute approximate surface area is 103 Å². The first-order valence-electron chi connectivity index (χ1n) is 6.36. The molecule has 0 saturated carbocycles. The molecule has 0 aliphatic rings. The van der Waals surface area contributed by atoms with Gasteiger partial charge in [0.05, 0.1) is 6.04 Å². The van der Waals surface area contributed by atoms with Crippen molar-refractivity contribution in [3.8, 4) is 0 Å². The van der Waals surface area contributed by atoms with Crippen LogP contribution in [0.15, 0.2) is 22.6 Å². The summed E-state index contributed by atoms with van der Waals surface area (Å²) >= 11 is 0. The number of furan rings is 1. The summed E-state index contributed by atoms with van der Waals surface area (Å²) in [4.78, 5) is 0. The van der Waals surface area contributed by atoms with Crippen molar-refractivity contribution in [2.24, 2.45) is 0 Å². The zero-order valence-corrected chi connectivity index (χ0v) is 11.1. The summed E-state index contributed by atoms with van der Waals surface area (Å²) in [6, 6.07) is 6.72. The van der Waals surface area contributed by atoms with Crippen LogP contribution in [-0.4, -0.2) is 6.54 Å². The molecular formula is C15H21NO. The van der Waals surface area contributed by atoms with Gasteiger partial charge in [-0.1, -0.05) is 19.1 Å². The van der Waals surface area contributed by atoms with Crippen molar-refractivity contribution in [3.63, 3.8) is 0 Å². The summed E-state index contributed by atoms with van der Waals surface area (Å²) in [7, 11) is 0. The third-order valence-corrected chi connectivity index (χ3v) is 3.24. The van der Waals surface area contributed by atoms with Gasteiger partial charge in [0, 0.05) is 5.39 Å². The van der Waals surface area contributed by atoms with Gasteiger partial charge < -0.3 is 9.73 Å². The predicted octanol–water partition coefficient (Wildman–Crippen LogP) is 4.11. The minimum Gasteiger partial charge on any atom is -0.459 e. The van der Waals surface area contributed by atoms with Gasteiger partial charge in [-0.05, 0) is 50.9 Å². The predicted molar refractivity (Wildman–Crippen MR) is 72.4 cm³/mol. The quantitative estimate of drug-likeness (QED) is 0.856. The minimum absolute atomic E-state index is 0.279. The van der Waals surface area contributed by atoms with Gasteiger partial charge in [-0.15, -0.1) is 0 Å². The molecule has 2 heteroatoms. The monoisotopic (exact) mass is 231 g/mol. The largest absolute Gasteiger partial charge is 0.459 e. The molecule has 1 unspecified atom stereocenters. The standard InChI is InChI=1S/C15H21NO/c1-5-8-16-12(4)14-9-13-10(2)6-7-11(3)15(13)17-14/h6-7,9,12,16H,5,8H2,1-4H3. The van der Waals surface area contributed by atoms with Crippen molar-refractivity contribution in [3.05, 3.63) is 35.1 Å². The van der Waals surface area contributed by atoms with Gasteiger partial charge in [0.1, 0.15) is 11.3 Å². The van der Waals surface area contributed by atoms with E-state index in [0.717, 1.165) is 24.3 Å². The smallest absolute Gasteiger partial charge is 0.137 e. The van der Waals surface area contributed by atoms with E-state index in [1.54, 1.807) is 0 Å². The van der Waals surface area contributed by atoms with Gasteiger partial charge in [-0.2, -0.15) is 0 Å². The molecular weight excluding hydrogens is 210 g/mol. The van der Waals surface area contributed by atoms with E-state index in [1.165, 1.54) is 16.5 Å². The molecule has 0 fully saturated rings. The molecule has 0 aliphatic heterocycles. The van der Waals surface area contributed by atoms with Crippen molar-refractivity contribution in [2.45, 2.75) is 40.2 Å². The Kier molecular flexibility index (Phi) is 3.53. The highest BCUT2D eigenvalue weighted by Gasteiger charge is 2.13. The van der Waals surface area contributed by atoms with Gasteiger partial charge in [0.2, 0.25) is 0 Å². The number of aryl methyl sites for hydroxylation is 2. The first kappa shape index (κ1) is 12.2.